The molecule has 0 amide bonds. The second-order valence-corrected chi connectivity index (χ2v) is 6.66. The molecular weight excluding hydrogens is 354 g/mol. The standard InChI is InChI=1S/C18H17F4NO3/c1-8(6-23)5-10-11(18(10,2)3)17(24)26-7-9-12(19)14(21)16(25-4)15(22)13(9)20/h5,10-11H,7H2,1-4H3/b8-5+/t10-,11+/m1/s1. The van der Waals surface area contributed by atoms with Crippen LogP contribution in [0.5, 0.6) is 5.75 Å². The number of benzene rings is 1. The number of rotatable bonds is 5. The highest BCUT2D eigenvalue weighted by Crippen LogP contribution is 2.59. The van der Waals surface area contributed by atoms with Crippen LogP contribution in [0.15, 0.2) is 11.6 Å². The van der Waals surface area contributed by atoms with Crippen LogP contribution in [0.4, 0.5) is 17.6 Å². The first-order chi connectivity index (χ1) is 12.1. The van der Waals surface area contributed by atoms with E-state index in [1.165, 1.54) is 0 Å². The fourth-order valence-corrected chi connectivity index (χ4v) is 2.94. The van der Waals surface area contributed by atoms with Gasteiger partial charge >= 0.3 is 5.97 Å². The molecule has 1 aliphatic carbocycles. The summed E-state index contributed by atoms with van der Waals surface area (Å²) in [6, 6.07) is 1.94. The summed E-state index contributed by atoms with van der Waals surface area (Å²) in [5.41, 5.74) is -1.11. The van der Waals surface area contributed by atoms with E-state index in [0.29, 0.717) is 5.57 Å². The predicted octanol–water partition coefficient (Wildman–Crippen LogP) is 4.04. The minimum absolute atomic E-state index is 0.270. The first-order valence-corrected chi connectivity index (χ1v) is 7.71. The largest absolute Gasteiger partial charge is 0.491 e. The molecule has 0 aromatic heterocycles. The molecule has 1 aromatic carbocycles. The summed E-state index contributed by atoms with van der Waals surface area (Å²) < 4.78 is 64.3. The minimum atomic E-state index is -1.70. The molecule has 1 aliphatic rings. The van der Waals surface area contributed by atoms with Gasteiger partial charge < -0.3 is 9.47 Å². The molecule has 2 atom stereocenters. The van der Waals surface area contributed by atoms with Crippen molar-refractivity contribution in [1.82, 2.24) is 0 Å². The smallest absolute Gasteiger partial charge is 0.310 e. The van der Waals surface area contributed by atoms with Crippen LogP contribution in [0, 0.1) is 51.9 Å². The maximum absolute atomic E-state index is 13.9. The van der Waals surface area contributed by atoms with E-state index < -0.39 is 58.5 Å². The number of hydrogen-bond acceptors (Lipinski definition) is 4. The Bertz CT molecular complexity index is 798. The van der Waals surface area contributed by atoms with Gasteiger partial charge in [0, 0.05) is 5.57 Å². The number of halogens is 4. The van der Waals surface area contributed by atoms with E-state index in [-0.39, 0.29) is 5.92 Å². The van der Waals surface area contributed by atoms with Crippen molar-refractivity contribution < 1.29 is 31.8 Å². The number of nitriles is 1. The highest BCUT2D eigenvalue weighted by atomic mass is 19.2. The van der Waals surface area contributed by atoms with E-state index in [0.717, 1.165) is 7.11 Å². The number of nitrogens with zero attached hydrogens (tertiary/aromatic N) is 1. The molecular formula is C18H17F4NO3. The minimum Gasteiger partial charge on any atom is -0.491 e. The highest BCUT2D eigenvalue weighted by Gasteiger charge is 2.61. The Labute approximate surface area is 148 Å². The van der Waals surface area contributed by atoms with Crippen LogP contribution in [0.25, 0.3) is 0 Å². The third-order valence-electron chi connectivity index (χ3n) is 4.65. The fraction of sp³-hybridized carbons (Fsp3) is 0.444. The van der Waals surface area contributed by atoms with Gasteiger partial charge in [-0.15, -0.1) is 0 Å². The van der Waals surface area contributed by atoms with Crippen LogP contribution in [0.1, 0.15) is 26.3 Å². The number of carbonyl (C=O) groups excluding carboxylic acids is 1. The molecule has 140 valence electrons. The topological polar surface area (TPSA) is 59.3 Å². The predicted molar refractivity (Wildman–Crippen MR) is 82.8 cm³/mol. The quantitative estimate of drug-likeness (QED) is 0.339. The molecule has 1 fully saturated rings. The molecule has 8 heteroatoms. The average molecular weight is 371 g/mol. The van der Waals surface area contributed by atoms with Gasteiger partial charge in [-0.2, -0.15) is 14.0 Å². The molecule has 1 saturated carbocycles. The van der Waals surface area contributed by atoms with E-state index in [2.05, 4.69) is 4.74 Å². The molecule has 0 bridgehead atoms. The third-order valence-corrected chi connectivity index (χ3v) is 4.65. The van der Waals surface area contributed by atoms with E-state index in [1.54, 1.807) is 26.8 Å². The van der Waals surface area contributed by atoms with Gasteiger partial charge in [0.05, 0.1) is 24.7 Å². The van der Waals surface area contributed by atoms with Gasteiger partial charge in [0.2, 0.25) is 11.6 Å². The first kappa shape index (κ1) is 19.8. The normalized spacial score (nSPS) is 21.1. The summed E-state index contributed by atoms with van der Waals surface area (Å²) in [6.45, 7) is 4.18. The van der Waals surface area contributed by atoms with Gasteiger partial charge in [0.25, 0.3) is 0 Å². The van der Waals surface area contributed by atoms with E-state index in [4.69, 9.17) is 10.00 Å². The van der Waals surface area contributed by atoms with Gasteiger partial charge in [0.1, 0.15) is 6.61 Å². The van der Waals surface area contributed by atoms with E-state index in [1.807, 2.05) is 6.07 Å². The Hall–Kier alpha value is -2.56. The molecule has 0 N–H and O–H groups in total. The first-order valence-electron chi connectivity index (χ1n) is 7.71. The van der Waals surface area contributed by atoms with Crippen molar-refractivity contribution in [2.75, 3.05) is 7.11 Å². The Balaban J connectivity index is 2.18. The van der Waals surface area contributed by atoms with Gasteiger partial charge in [-0.05, 0) is 18.3 Å². The van der Waals surface area contributed by atoms with Gasteiger partial charge in [-0.25, -0.2) is 8.78 Å². The highest BCUT2D eigenvalue weighted by molar-refractivity contribution is 5.78. The molecule has 0 saturated heterocycles. The molecule has 2 rings (SSSR count). The zero-order chi connectivity index (χ0) is 19.8. The van der Waals surface area contributed by atoms with Crippen LogP contribution in [0.2, 0.25) is 0 Å². The SMILES string of the molecule is COc1c(F)c(F)c(COC(=O)[C@@H]2[C@@H](/C=C(\C)C#N)C2(C)C)c(F)c1F. The lowest BCUT2D eigenvalue weighted by atomic mass is 10.1. The second kappa shape index (κ2) is 6.98. The zero-order valence-electron chi connectivity index (χ0n) is 14.6. The van der Waals surface area contributed by atoms with Crippen LogP contribution >= 0.6 is 0 Å². The Morgan fingerprint density at radius 3 is 2.19 bits per heavy atom. The number of methoxy groups -OCH3 is 1. The molecule has 0 unspecified atom stereocenters. The van der Waals surface area contributed by atoms with Gasteiger partial charge in [0.15, 0.2) is 17.4 Å². The van der Waals surface area contributed by atoms with Crippen LogP contribution in [-0.2, 0) is 16.1 Å². The summed E-state index contributed by atoms with van der Waals surface area (Å²) in [7, 11) is 0.867. The number of hydrogen-bond donors (Lipinski definition) is 0. The summed E-state index contributed by atoms with van der Waals surface area (Å²) in [5.74, 6) is -9.60. The van der Waals surface area contributed by atoms with Gasteiger partial charge in [-0.3, -0.25) is 4.79 Å². The lowest BCUT2D eigenvalue weighted by Gasteiger charge is -2.11. The average Bonchev–Trinajstić information content (AvgIpc) is 3.13. The summed E-state index contributed by atoms with van der Waals surface area (Å²) in [4.78, 5) is 12.2. The summed E-state index contributed by atoms with van der Waals surface area (Å²) in [5, 5.41) is 8.82. The molecule has 0 spiro atoms. The molecule has 4 nitrogen and oxygen atoms in total. The van der Waals surface area contributed by atoms with Crippen molar-refractivity contribution in [2.24, 2.45) is 17.3 Å². The molecule has 1 aromatic rings. The maximum Gasteiger partial charge on any atom is 0.310 e. The molecule has 26 heavy (non-hydrogen) atoms. The number of allylic oxidation sites excluding steroid dienone is 2. The number of ether oxygens (including phenoxy) is 2. The molecule has 0 radical (unpaired) electrons. The van der Waals surface area contributed by atoms with E-state index >= 15 is 0 Å². The van der Waals surface area contributed by atoms with Crippen molar-refractivity contribution in [2.45, 2.75) is 27.4 Å². The van der Waals surface area contributed by atoms with Crippen LogP contribution in [-0.4, -0.2) is 13.1 Å². The van der Waals surface area contributed by atoms with Crippen molar-refractivity contribution in [3.63, 3.8) is 0 Å². The molecule has 0 aliphatic heterocycles. The van der Waals surface area contributed by atoms with E-state index in [9.17, 15) is 22.4 Å². The van der Waals surface area contributed by atoms with Crippen LogP contribution < -0.4 is 4.74 Å². The van der Waals surface area contributed by atoms with Crippen molar-refractivity contribution in [3.05, 3.63) is 40.5 Å². The third kappa shape index (κ3) is 3.26. The monoisotopic (exact) mass is 371 g/mol. The summed E-state index contributed by atoms with van der Waals surface area (Å²) >= 11 is 0. The summed E-state index contributed by atoms with van der Waals surface area (Å²) in [6.07, 6.45) is 1.62. The molecule has 0 heterocycles. The van der Waals surface area contributed by atoms with Crippen molar-refractivity contribution in [3.8, 4) is 11.8 Å². The lowest BCUT2D eigenvalue weighted by molar-refractivity contribution is -0.147. The zero-order valence-corrected chi connectivity index (χ0v) is 14.6. The Kier molecular flexibility index (Phi) is 5.31. The lowest BCUT2D eigenvalue weighted by Crippen LogP contribution is -2.14. The van der Waals surface area contributed by atoms with Gasteiger partial charge in [-0.1, -0.05) is 19.9 Å². The van der Waals surface area contributed by atoms with Crippen molar-refractivity contribution >= 4 is 5.97 Å². The maximum atomic E-state index is 13.9. The Morgan fingerprint density at radius 2 is 1.73 bits per heavy atom. The second-order valence-electron chi connectivity index (χ2n) is 6.66. The van der Waals surface area contributed by atoms with Crippen LogP contribution in [0.3, 0.4) is 0 Å². The fourth-order valence-electron chi connectivity index (χ4n) is 2.94. The number of esters is 1. The van der Waals surface area contributed by atoms with Crippen molar-refractivity contribution in [1.29, 1.82) is 5.26 Å². The number of carbonyl (C=O) groups is 1. The Morgan fingerprint density at radius 1 is 1.19 bits per heavy atom.